The number of rotatable bonds is 43. The highest BCUT2D eigenvalue weighted by Crippen LogP contribution is 2.15. The van der Waals surface area contributed by atoms with Crippen molar-refractivity contribution in [2.24, 2.45) is 0 Å². The van der Waals surface area contributed by atoms with Gasteiger partial charge in [-0.2, -0.15) is 0 Å². The van der Waals surface area contributed by atoms with Gasteiger partial charge in [-0.1, -0.05) is 199 Å². The van der Waals surface area contributed by atoms with E-state index >= 15 is 0 Å². The maximum Gasteiger partial charge on any atom is 0.305 e. The molecule has 0 aromatic heterocycles. The summed E-state index contributed by atoms with van der Waals surface area (Å²) in [5.41, 5.74) is 0. The fraction of sp³-hybridized carbons (Fsp3) is 0.915. The molecular weight excluding hydrogens is 659 g/mol. The molecule has 6 heteroatoms. The van der Waals surface area contributed by atoms with Gasteiger partial charge in [0.1, 0.15) is 0 Å². The van der Waals surface area contributed by atoms with E-state index in [-0.39, 0.29) is 18.5 Å². The quantitative estimate of drug-likeness (QED) is 0.0328. The molecule has 314 valence electrons. The zero-order chi connectivity index (χ0) is 38.7. The van der Waals surface area contributed by atoms with Crippen molar-refractivity contribution in [2.75, 3.05) is 13.2 Å². The van der Waals surface area contributed by atoms with Gasteiger partial charge in [-0.05, 0) is 51.4 Å². The summed E-state index contributed by atoms with van der Waals surface area (Å²) in [6.45, 7) is 4.88. The molecule has 0 rings (SSSR count). The molecule has 2 atom stereocenters. The average Bonchev–Trinajstić information content (AvgIpc) is 3.16. The highest BCUT2D eigenvalue weighted by molar-refractivity contribution is 5.76. The summed E-state index contributed by atoms with van der Waals surface area (Å²) >= 11 is 0. The molecule has 6 nitrogen and oxygen atoms in total. The van der Waals surface area contributed by atoms with Crippen LogP contribution in [0.3, 0.4) is 0 Å². The van der Waals surface area contributed by atoms with E-state index in [0.717, 1.165) is 57.8 Å². The molecule has 0 bridgehead atoms. The Morgan fingerprint density at radius 2 is 0.887 bits per heavy atom. The molecule has 0 aromatic rings. The maximum atomic E-state index is 12.4. The van der Waals surface area contributed by atoms with Gasteiger partial charge in [-0.3, -0.25) is 9.59 Å². The number of allylic oxidation sites excluding steroid dienone is 2. The van der Waals surface area contributed by atoms with Crippen molar-refractivity contribution < 1.29 is 24.5 Å². The molecule has 0 saturated heterocycles. The summed E-state index contributed by atoms with van der Waals surface area (Å²) < 4.78 is 5.45. The summed E-state index contributed by atoms with van der Waals surface area (Å²) in [7, 11) is 0. The standard InChI is InChI=1S/C47H91NO5/c1-3-5-7-9-11-13-14-15-16-17-21-25-29-33-37-41-47(52)53-42-38-34-30-26-22-19-18-20-24-28-32-36-40-46(51)48-44(43-49)45(50)39-35-31-27-23-12-10-8-6-4-2/h15-16,44-45,49-50H,3-14,17-43H2,1-2H3,(H,48,51)/b16-15-. The molecule has 0 saturated carbocycles. The van der Waals surface area contributed by atoms with Crippen molar-refractivity contribution in [2.45, 2.75) is 264 Å². The van der Waals surface area contributed by atoms with Crippen LogP contribution in [0.2, 0.25) is 0 Å². The van der Waals surface area contributed by atoms with Crippen LogP contribution in [0.1, 0.15) is 251 Å². The third-order valence-electron chi connectivity index (χ3n) is 10.8. The SMILES string of the molecule is CCCCCCCC/C=C\CCCCCCCC(=O)OCCCCCCCCCCCCCCC(=O)NC(CO)C(O)CCCCCCCCCCC. The molecule has 1 amide bonds. The predicted octanol–water partition coefficient (Wildman–Crippen LogP) is 13.4. The Morgan fingerprint density at radius 1 is 0.509 bits per heavy atom. The largest absolute Gasteiger partial charge is 0.466 e. The van der Waals surface area contributed by atoms with E-state index in [1.165, 1.54) is 161 Å². The maximum absolute atomic E-state index is 12.4. The van der Waals surface area contributed by atoms with Gasteiger partial charge in [0, 0.05) is 12.8 Å². The third kappa shape index (κ3) is 40.1. The van der Waals surface area contributed by atoms with Gasteiger partial charge in [0.15, 0.2) is 0 Å². The van der Waals surface area contributed by atoms with Crippen LogP contribution >= 0.6 is 0 Å². The van der Waals surface area contributed by atoms with E-state index in [2.05, 4.69) is 31.3 Å². The lowest BCUT2D eigenvalue weighted by molar-refractivity contribution is -0.143. The number of aliphatic hydroxyl groups excluding tert-OH is 2. The van der Waals surface area contributed by atoms with Gasteiger partial charge >= 0.3 is 5.97 Å². The van der Waals surface area contributed by atoms with E-state index in [0.29, 0.717) is 25.9 Å². The van der Waals surface area contributed by atoms with Gasteiger partial charge in [-0.25, -0.2) is 0 Å². The van der Waals surface area contributed by atoms with Crippen molar-refractivity contribution in [3.8, 4) is 0 Å². The number of carbonyl (C=O) groups excluding carboxylic acids is 2. The van der Waals surface area contributed by atoms with E-state index in [1.54, 1.807) is 0 Å². The second-order valence-electron chi connectivity index (χ2n) is 16.1. The van der Waals surface area contributed by atoms with Gasteiger partial charge in [0.2, 0.25) is 5.91 Å². The summed E-state index contributed by atoms with van der Waals surface area (Å²) in [5.74, 6) is -0.0713. The highest BCUT2D eigenvalue weighted by Gasteiger charge is 2.20. The van der Waals surface area contributed by atoms with Crippen LogP contribution < -0.4 is 5.32 Å². The zero-order valence-corrected chi connectivity index (χ0v) is 35.5. The Hall–Kier alpha value is -1.40. The summed E-state index contributed by atoms with van der Waals surface area (Å²) in [6.07, 6.45) is 47.4. The lowest BCUT2D eigenvalue weighted by Gasteiger charge is -2.22. The van der Waals surface area contributed by atoms with Crippen LogP contribution in [-0.2, 0) is 14.3 Å². The van der Waals surface area contributed by atoms with E-state index in [9.17, 15) is 19.8 Å². The molecule has 0 aliphatic rings. The number of carbonyl (C=O) groups is 2. The first-order valence-electron chi connectivity index (χ1n) is 23.4. The Kier molecular flexibility index (Phi) is 42.2. The lowest BCUT2D eigenvalue weighted by atomic mass is 10.0. The monoisotopic (exact) mass is 750 g/mol. The minimum atomic E-state index is -0.671. The van der Waals surface area contributed by atoms with Crippen molar-refractivity contribution in [3.05, 3.63) is 12.2 Å². The second-order valence-corrected chi connectivity index (χ2v) is 16.1. The smallest absolute Gasteiger partial charge is 0.305 e. The van der Waals surface area contributed by atoms with Crippen molar-refractivity contribution >= 4 is 11.9 Å². The molecule has 0 aliphatic heterocycles. The molecular formula is C47H91NO5. The average molecular weight is 750 g/mol. The second kappa shape index (κ2) is 43.3. The van der Waals surface area contributed by atoms with Crippen molar-refractivity contribution in [1.82, 2.24) is 5.32 Å². The third-order valence-corrected chi connectivity index (χ3v) is 10.8. The first-order chi connectivity index (χ1) is 26.0. The number of hydrogen-bond acceptors (Lipinski definition) is 5. The number of hydrogen-bond donors (Lipinski definition) is 3. The van der Waals surface area contributed by atoms with Gasteiger partial charge in [-0.15, -0.1) is 0 Å². The van der Waals surface area contributed by atoms with Crippen LogP contribution in [0.25, 0.3) is 0 Å². The predicted molar refractivity (Wildman–Crippen MR) is 227 cm³/mol. The fourth-order valence-electron chi connectivity index (χ4n) is 7.16. The summed E-state index contributed by atoms with van der Waals surface area (Å²) in [4.78, 5) is 24.4. The number of unbranched alkanes of at least 4 members (excludes halogenated alkanes) is 30. The van der Waals surface area contributed by atoms with E-state index < -0.39 is 12.1 Å². The molecule has 0 spiro atoms. The molecule has 3 N–H and O–H groups in total. The van der Waals surface area contributed by atoms with Gasteiger partial charge in [0.05, 0.1) is 25.4 Å². The fourth-order valence-corrected chi connectivity index (χ4v) is 7.16. The van der Waals surface area contributed by atoms with Crippen molar-refractivity contribution in [3.63, 3.8) is 0 Å². The number of esters is 1. The Balaban J connectivity index is 3.44. The number of aliphatic hydroxyl groups is 2. The molecule has 0 aromatic carbocycles. The van der Waals surface area contributed by atoms with Gasteiger partial charge in [0.25, 0.3) is 0 Å². The highest BCUT2D eigenvalue weighted by atomic mass is 16.5. The number of nitrogens with one attached hydrogen (secondary N) is 1. The topological polar surface area (TPSA) is 95.9 Å². The van der Waals surface area contributed by atoms with Crippen LogP contribution in [0.5, 0.6) is 0 Å². The summed E-state index contributed by atoms with van der Waals surface area (Å²) in [5, 5.41) is 23.0. The van der Waals surface area contributed by atoms with Crippen LogP contribution in [0.4, 0.5) is 0 Å². The normalized spacial score (nSPS) is 12.8. The van der Waals surface area contributed by atoms with Crippen LogP contribution in [-0.4, -0.2) is 47.4 Å². The van der Waals surface area contributed by atoms with Gasteiger partial charge < -0.3 is 20.3 Å². The molecule has 0 heterocycles. The number of amides is 1. The summed E-state index contributed by atoms with van der Waals surface area (Å²) in [6, 6.07) is -0.550. The lowest BCUT2D eigenvalue weighted by Crippen LogP contribution is -2.45. The molecule has 53 heavy (non-hydrogen) atoms. The van der Waals surface area contributed by atoms with Crippen LogP contribution in [0, 0.1) is 0 Å². The Labute approximate surface area is 329 Å². The zero-order valence-electron chi connectivity index (χ0n) is 35.5. The molecule has 0 radical (unpaired) electrons. The Morgan fingerprint density at radius 3 is 1.34 bits per heavy atom. The molecule has 0 aliphatic carbocycles. The first kappa shape index (κ1) is 51.6. The minimum absolute atomic E-state index is 0.0177. The molecule has 2 unspecified atom stereocenters. The van der Waals surface area contributed by atoms with E-state index in [4.69, 9.17) is 4.74 Å². The number of ether oxygens (including phenoxy) is 1. The van der Waals surface area contributed by atoms with Crippen LogP contribution in [0.15, 0.2) is 12.2 Å². The molecule has 0 fully saturated rings. The Bertz CT molecular complexity index is 787. The first-order valence-corrected chi connectivity index (χ1v) is 23.4. The minimum Gasteiger partial charge on any atom is -0.466 e. The van der Waals surface area contributed by atoms with E-state index in [1.807, 2.05) is 0 Å². The van der Waals surface area contributed by atoms with Crippen molar-refractivity contribution in [1.29, 1.82) is 0 Å².